The molecule has 8 heteroatoms. The van der Waals surface area contributed by atoms with Gasteiger partial charge in [-0.15, -0.1) is 0 Å². The molecule has 2 aromatic rings. The van der Waals surface area contributed by atoms with Crippen molar-refractivity contribution in [2.75, 3.05) is 0 Å². The number of carbonyl (C=O) groups excluding carboxylic acids is 1. The van der Waals surface area contributed by atoms with Crippen molar-refractivity contribution in [2.45, 2.75) is 0 Å². The minimum atomic E-state index is -1.06. The highest BCUT2D eigenvalue weighted by Gasteiger charge is 2.15. The number of hydrogen-bond donors (Lipinski definition) is 1. The first-order valence-corrected chi connectivity index (χ1v) is 6.44. The van der Waals surface area contributed by atoms with Crippen LogP contribution < -0.4 is 10.6 Å². The van der Waals surface area contributed by atoms with Gasteiger partial charge in [-0.1, -0.05) is 22.0 Å². The van der Waals surface area contributed by atoms with Gasteiger partial charge in [-0.25, -0.2) is 4.79 Å². The van der Waals surface area contributed by atoms with E-state index < -0.39 is 11.1 Å². The molecule has 0 radical (unpaired) electrons. The zero-order valence-corrected chi connectivity index (χ0v) is 12.1. The Balaban J connectivity index is 2.46. The minimum Gasteiger partial charge on any atom is -0.393 e. The Morgan fingerprint density at radius 2 is 1.86 bits per heavy atom. The molecule has 0 aliphatic carbocycles. The molecule has 0 aliphatic heterocycles. The van der Waals surface area contributed by atoms with Gasteiger partial charge in [0.15, 0.2) is 0 Å². The van der Waals surface area contributed by atoms with Gasteiger partial charge in [0.05, 0.1) is 4.92 Å². The lowest BCUT2D eigenvalue weighted by Crippen LogP contribution is -2.15. The van der Waals surface area contributed by atoms with Gasteiger partial charge in [-0.2, -0.15) is 5.90 Å². The Labute approximate surface area is 127 Å². The zero-order chi connectivity index (χ0) is 15.4. The Morgan fingerprint density at radius 1 is 1.19 bits per heavy atom. The molecule has 0 amide bonds. The van der Waals surface area contributed by atoms with Crippen molar-refractivity contribution in [1.29, 1.82) is 0 Å². The van der Waals surface area contributed by atoms with Crippen LogP contribution in [0.4, 0.5) is 10.5 Å². The van der Waals surface area contributed by atoms with Gasteiger partial charge in [0.25, 0.3) is 5.69 Å². The molecule has 108 valence electrons. The summed E-state index contributed by atoms with van der Waals surface area (Å²) in [5.41, 5.74) is 1.15. The largest absolute Gasteiger partial charge is 0.533 e. The van der Waals surface area contributed by atoms with Gasteiger partial charge in [0.2, 0.25) is 0 Å². The fourth-order valence-corrected chi connectivity index (χ4v) is 2.31. The summed E-state index contributed by atoms with van der Waals surface area (Å²) in [4.78, 5) is 25.3. The number of halogens is 1. The van der Waals surface area contributed by atoms with E-state index in [0.29, 0.717) is 15.6 Å². The second kappa shape index (κ2) is 6.33. The van der Waals surface area contributed by atoms with Crippen LogP contribution >= 0.6 is 15.9 Å². The second-order valence-electron chi connectivity index (χ2n) is 3.89. The molecular formula is C13H9BrN2O5. The van der Waals surface area contributed by atoms with Gasteiger partial charge < -0.3 is 9.57 Å². The number of nitro benzene ring substituents is 1. The van der Waals surface area contributed by atoms with Crippen molar-refractivity contribution >= 4 is 27.8 Å². The predicted molar refractivity (Wildman–Crippen MR) is 77.5 cm³/mol. The van der Waals surface area contributed by atoms with Crippen LogP contribution in [-0.4, -0.2) is 11.1 Å². The molecule has 0 unspecified atom stereocenters. The predicted octanol–water partition coefficient (Wildman–Crippen LogP) is 3.41. The molecule has 0 bridgehead atoms. The van der Waals surface area contributed by atoms with Crippen molar-refractivity contribution in [3.63, 3.8) is 0 Å². The van der Waals surface area contributed by atoms with Crippen molar-refractivity contribution in [3.05, 3.63) is 57.1 Å². The van der Waals surface area contributed by atoms with E-state index in [2.05, 4.69) is 20.8 Å². The number of nitrogens with two attached hydrogens (primary N) is 1. The van der Waals surface area contributed by atoms with E-state index in [-0.39, 0.29) is 11.4 Å². The van der Waals surface area contributed by atoms with Crippen LogP contribution in [0.3, 0.4) is 0 Å². The highest BCUT2D eigenvalue weighted by atomic mass is 79.9. The number of nitrogens with zero attached hydrogens (tertiary/aromatic N) is 1. The summed E-state index contributed by atoms with van der Waals surface area (Å²) in [6.45, 7) is 0. The Morgan fingerprint density at radius 3 is 2.43 bits per heavy atom. The Bertz CT molecular complexity index is 687. The number of benzene rings is 2. The van der Waals surface area contributed by atoms with Crippen LogP contribution in [0.25, 0.3) is 11.1 Å². The first-order chi connectivity index (χ1) is 10.0. The molecule has 0 spiro atoms. The highest BCUT2D eigenvalue weighted by Crippen LogP contribution is 2.37. The van der Waals surface area contributed by atoms with Crippen LogP contribution in [0, 0.1) is 10.1 Å². The first-order valence-electron chi connectivity index (χ1n) is 5.65. The average Bonchev–Trinajstić information content (AvgIpc) is 2.47. The summed E-state index contributed by atoms with van der Waals surface area (Å²) in [6.07, 6.45) is -1.06. The van der Waals surface area contributed by atoms with E-state index in [4.69, 9.17) is 10.6 Å². The van der Waals surface area contributed by atoms with Crippen LogP contribution in [0.1, 0.15) is 0 Å². The van der Waals surface area contributed by atoms with Crippen molar-refractivity contribution in [2.24, 2.45) is 5.90 Å². The number of carbonyl (C=O) groups is 1. The van der Waals surface area contributed by atoms with Gasteiger partial charge >= 0.3 is 6.16 Å². The van der Waals surface area contributed by atoms with E-state index in [1.54, 1.807) is 30.3 Å². The highest BCUT2D eigenvalue weighted by molar-refractivity contribution is 9.10. The van der Waals surface area contributed by atoms with Gasteiger partial charge in [0.1, 0.15) is 5.75 Å². The number of rotatable bonds is 3. The lowest BCUT2D eigenvalue weighted by molar-refractivity contribution is -0.384. The Hall–Kier alpha value is -2.45. The number of hydrogen-bond acceptors (Lipinski definition) is 6. The third-order valence-corrected chi connectivity index (χ3v) is 3.29. The lowest BCUT2D eigenvalue weighted by Gasteiger charge is -2.11. The van der Waals surface area contributed by atoms with Crippen LogP contribution in [0.15, 0.2) is 46.9 Å². The summed E-state index contributed by atoms with van der Waals surface area (Å²) >= 11 is 3.35. The van der Waals surface area contributed by atoms with Crippen molar-refractivity contribution < 1.29 is 19.3 Å². The normalized spacial score (nSPS) is 10.0. The number of ether oxygens (including phenoxy) is 1. The van der Waals surface area contributed by atoms with E-state index in [1.165, 1.54) is 12.1 Å². The van der Waals surface area contributed by atoms with Gasteiger partial charge in [-0.05, 0) is 29.8 Å². The standard InChI is InChI=1S/C13H9BrN2O5/c14-10-2-1-3-11(20-13(17)21-15)12(10)8-4-6-9(7-5-8)16(18)19/h1-7H,15H2. The number of nitro groups is 1. The van der Waals surface area contributed by atoms with Crippen LogP contribution in [-0.2, 0) is 4.84 Å². The van der Waals surface area contributed by atoms with E-state index in [0.717, 1.165) is 0 Å². The first kappa shape index (κ1) is 14.9. The molecule has 0 atom stereocenters. The molecule has 0 aliphatic rings. The summed E-state index contributed by atoms with van der Waals surface area (Å²) in [5.74, 6) is 4.95. The smallest absolute Gasteiger partial charge is 0.393 e. The molecule has 2 N–H and O–H groups in total. The summed E-state index contributed by atoms with van der Waals surface area (Å²) in [7, 11) is 0. The monoisotopic (exact) mass is 352 g/mol. The molecule has 21 heavy (non-hydrogen) atoms. The van der Waals surface area contributed by atoms with E-state index in [1.807, 2.05) is 0 Å². The molecule has 0 saturated carbocycles. The summed E-state index contributed by atoms with van der Waals surface area (Å²) in [6, 6.07) is 10.8. The fraction of sp³-hybridized carbons (Fsp3) is 0. The average molecular weight is 353 g/mol. The summed E-state index contributed by atoms with van der Waals surface area (Å²) in [5, 5.41) is 10.7. The third kappa shape index (κ3) is 3.36. The molecule has 0 fully saturated rings. The zero-order valence-electron chi connectivity index (χ0n) is 10.5. The van der Waals surface area contributed by atoms with Crippen molar-refractivity contribution in [1.82, 2.24) is 0 Å². The topological polar surface area (TPSA) is 105 Å². The molecule has 2 rings (SSSR count). The molecule has 0 saturated heterocycles. The number of non-ortho nitro benzene ring substituents is 1. The van der Waals surface area contributed by atoms with Crippen molar-refractivity contribution in [3.8, 4) is 16.9 Å². The second-order valence-corrected chi connectivity index (χ2v) is 4.74. The van der Waals surface area contributed by atoms with Gasteiger partial charge in [0, 0.05) is 22.2 Å². The van der Waals surface area contributed by atoms with E-state index in [9.17, 15) is 14.9 Å². The molecule has 0 heterocycles. The van der Waals surface area contributed by atoms with Crippen LogP contribution in [0.5, 0.6) is 5.75 Å². The maximum Gasteiger partial charge on any atom is 0.533 e. The maximum absolute atomic E-state index is 11.1. The third-order valence-electron chi connectivity index (χ3n) is 2.63. The SMILES string of the molecule is NOC(=O)Oc1cccc(Br)c1-c1ccc([N+](=O)[O-])cc1. The molecule has 0 aromatic heterocycles. The Kier molecular flexibility index (Phi) is 4.51. The molecule has 7 nitrogen and oxygen atoms in total. The van der Waals surface area contributed by atoms with Gasteiger partial charge in [-0.3, -0.25) is 10.1 Å². The van der Waals surface area contributed by atoms with E-state index >= 15 is 0 Å². The summed E-state index contributed by atoms with van der Waals surface area (Å²) < 4.78 is 5.61. The lowest BCUT2D eigenvalue weighted by atomic mass is 10.0. The maximum atomic E-state index is 11.1. The quantitative estimate of drug-likeness (QED) is 0.392. The van der Waals surface area contributed by atoms with Crippen LogP contribution in [0.2, 0.25) is 0 Å². The fourth-order valence-electron chi connectivity index (χ4n) is 1.73. The molecular weight excluding hydrogens is 344 g/mol. The minimum absolute atomic E-state index is 0.0327. The molecule has 2 aromatic carbocycles.